The number of aromatic nitrogens is 1. The largest absolute Gasteiger partial charge is 0.356 e. The lowest BCUT2D eigenvalue weighted by Gasteiger charge is -2.33. The van der Waals surface area contributed by atoms with Crippen molar-refractivity contribution in [2.24, 2.45) is 13.0 Å². The van der Waals surface area contributed by atoms with Crippen LogP contribution < -0.4 is 0 Å². The van der Waals surface area contributed by atoms with Gasteiger partial charge in [-0.05, 0) is 25.3 Å². The summed E-state index contributed by atoms with van der Waals surface area (Å²) in [6, 6.07) is 1.83. The van der Waals surface area contributed by atoms with Gasteiger partial charge in [0.05, 0.1) is 5.56 Å². The van der Waals surface area contributed by atoms with Crippen molar-refractivity contribution in [3.05, 3.63) is 24.0 Å². The van der Waals surface area contributed by atoms with Gasteiger partial charge in [-0.15, -0.1) is 0 Å². The van der Waals surface area contributed by atoms with Gasteiger partial charge >= 0.3 is 0 Å². The molecule has 0 aliphatic carbocycles. The van der Waals surface area contributed by atoms with E-state index >= 15 is 0 Å². The fourth-order valence-corrected chi connectivity index (χ4v) is 3.85. The van der Waals surface area contributed by atoms with Gasteiger partial charge in [0.15, 0.2) is 0 Å². The molecular weight excluding hydrogens is 332 g/mol. The van der Waals surface area contributed by atoms with E-state index in [1.54, 1.807) is 6.92 Å². The molecule has 3 rings (SSSR count). The molecule has 0 radical (unpaired) electrons. The van der Waals surface area contributed by atoms with Crippen LogP contribution in [0.25, 0.3) is 0 Å². The number of piperidine rings is 1. The van der Waals surface area contributed by atoms with Gasteiger partial charge in [0.1, 0.15) is 0 Å². The Morgan fingerprint density at radius 2 is 1.58 bits per heavy atom. The molecule has 2 aliphatic rings. The van der Waals surface area contributed by atoms with Crippen LogP contribution in [0.5, 0.6) is 0 Å². The molecule has 7 heteroatoms. The summed E-state index contributed by atoms with van der Waals surface area (Å²) in [7, 11) is 1.90. The molecule has 0 unspecified atom stereocenters. The standard InChI is InChI=1S/C19H28N4O3/c1-15(24)21-10-5-16(6-11-21)18(25)22-7-3-8-23(13-12-22)19(26)17-4-9-20(2)14-17/h4,9,14,16H,3,5-8,10-13H2,1-2H3. The molecule has 0 saturated carbocycles. The molecule has 2 fully saturated rings. The van der Waals surface area contributed by atoms with Crippen LogP contribution in [0.3, 0.4) is 0 Å². The number of carbonyl (C=O) groups is 3. The molecule has 2 saturated heterocycles. The van der Waals surface area contributed by atoms with Crippen molar-refractivity contribution >= 4 is 17.7 Å². The minimum atomic E-state index is 0.00183. The summed E-state index contributed by atoms with van der Waals surface area (Å²) in [4.78, 5) is 42.5. The first kappa shape index (κ1) is 18.5. The molecule has 0 bridgehead atoms. The lowest BCUT2D eigenvalue weighted by atomic mass is 9.95. The second-order valence-corrected chi connectivity index (χ2v) is 7.32. The Morgan fingerprint density at radius 3 is 2.19 bits per heavy atom. The van der Waals surface area contributed by atoms with E-state index in [2.05, 4.69) is 0 Å². The smallest absolute Gasteiger partial charge is 0.255 e. The third-order valence-corrected chi connectivity index (χ3v) is 5.46. The Labute approximate surface area is 154 Å². The number of carbonyl (C=O) groups excluding carboxylic acids is 3. The molecule has 0 spiro atoms. The van der Waals surface area contributed by atoms with Crippen molar-refractivity contribution < 1.29 is 14.4 Å². The minimum Gasteiger partial charge on any atom is -0.356 e. The quantitative estimate of drug-likeness (QED) is 0.789. The first-order valence-corrected chi connectivity index (χ1v) is 9.41. The normalized spacial score (nSPS) is 19.4. The van der Waals surface area contributed by atoms with Crippen molar-refractivity contribution in [1.29, 1.82) is 0 Å². The van der Waals surface area contributed by atoms with Gasteiger partial charge in [-0.25, -0.2) is 0 Å². The van der Waals surface area contributed by atoms with Gasteiger partial charge in [-0.2, -0.15) is 0 Å². The van der Waals surface area contributed by atoms with E-state index in [0.29, 0.717) is 44.8 Å². The second kappa shape index (κ2) is 7.93. The van der Waals surface area contributed by atoms with E-state index in [-0.39, 0.29) is 23.6 Å². The molecule has 1 aromatic heterocycles. The fourth-order valence-electron chi connectivity index (χ4n) is 3.85. The SMILES string of the molecule is CC(=O)N1CCC(C(=O)N2CCCN(C(=O)c3ccn(C)c3)CC2)CC1. The number of likely N-dealkylation sites (tertiary alicyclic amines) is 1. The molecule has 26 heavy (non-hydrogen) atoms. The van der Waals surface area contributed by atoms with E-state index in [1.165, 1.54) is 0 Å². The summed E-state index contributed by atoms with van der Waals surface area (Å²) in [6.07, 6.45) is 5.98. The van der Waals surface area contributed by atoms with Crippen molar-refractivity contribution in [2.45, 2.75) is 26.2 Å². The van der Waals surface area contributed by atoms with Crippen LogP contribution in [0.2, 0.25) is 0 Å². The molecule has 7 nitrogen and oxygen atoms in total. The molecule has 0 atom stereocenters. The molecule has 3 amide bonds. The predicted octanol–water partition coefficient (Wildman–Crippen LogP) is 0.958. The van der Waals surface area contributed by atoms with E-state index in [4.69, 9.17) is 0 Å². The summed E-state index contributed by atoms with van der Waals surface area (Å²) >= 11 is 0. The minimum absolute atomic E-state index is 0.00183. The summed E-state index contributed by atoms with van der Waals surface area (Å²) in [5, 5.41) is 0. The summed E-state index contributed by atoms with van der Waals surface area (Å²) in [5.74, 6) is 0.305. The van der Waals surface area contributed by atoms with E-state index in [0.717, 1.165) is 19.3 Å². The van der Waals surface area contributed by atoms with Crippen molar-refractivity contribution in [2.75, 3.05) is 39.3 Å². The maximum atomic E-state index is 12.8. The number of nitrogens with zero attached hydrogens (tertiary/aromatic N) is 4. The van der Waals surface area contributed by atoms with Gasteiger partial charge in [-0.1, -0.05) is 0 Å². The zero-order chi connectivity index (χ0) is 18.7. The summed E-state index contributed by atoms with van der Waals surface area (Å²) in [5.41, 5.74) is 0.698. The molecule has 0 N–H and O–H groups in total. The van der Waals surface area contributed by atoms with Crippen LogP contribution in [0.1, 0.15) is 36.5 Å². The second-order valence-electron chi connectivity index (χ2n) is 7.32. The molecule has 3 heterocycles. The third kappa shape index (κ3) is 4.08. The number of aryl methyl sites for hydroxylation is 1. The highest BCUT2D eigenvalue weighted by Crippen LogP contribution is 2.21. The average Bonchev–Trinajstić information content (AvgIpc) is 2.93. The predicted molar refractivity (Wildman–Crippen MR) is 97.5 cm³/mol. The highest BCUT2D eigenvalue weighted by molar-refractivity contribution is 5.94. The van der Waals surface area contributed by atoms with E-state index < -0.39 is 0 Å². The summed E-state index contributed by atoms with van der Waals surface area (Å²) < 4.78 is 1.87. The summed E-state index contributed by atoms with van der Waals surface area (Å²) in [6.45, 7) is 5.45. The highest BCUT2D eigenvalue weighted by atomic mass is 16.2. The van der Waals surface area contributed by atoms with Crippen LogP contribution in [0.4, 0.5) is 0 Å². The first-order chi connectivity index (χ1) is 12.5. The first-order valence-electron chi connectivity index (χ1n) is 9.41. The number of amides is 3. The van der Waals surface area contributed by atoms with Crippen LogP contribution in [0.15, 0.2) is 18.5 Å². The Hall–Kier alpha value is -2.31. The van der Waals surface area contributed by atoms with Gasteiger partial charge < -0.3 is 19.3 Å². The molecular formula is C19H28N4O3. The third-order valence-electron chi connectivity index (χ3n) is 5.46. The number of hydrogen-bond donors (Lipinski definition) is 0. The lowest BCUT2D eigenvalue weighted by Crippen LogP contribution is -2.45. The van der Waals surface area contributed by atoms with Crippen LogP contribution in [-0.2, 0) is 16.6 Å². The van der Waals surface area contributed by atoms with Gasteiger partial charge in [0.2, 0.25) is 11.8 Å². The van der Waals surface area contributed by atoms with Crippen molar-refractivity contribution in [3.8, 4) is 0 Å². The van der Waals surface area contributed by atoms with Crippen molar-refractivity contribution in [1.82, 2.24) is 19.3 Å². The molecule has 1 aromatic rings. The van der Waals surface area contributed by atoms with Crippen molar-refractivity contribution in [3.63, 3.8) is 0 Å². The molecule has 0 aromatic carbocycles. The Morgan fingerprint density at radius 1 is 0.923 bits per heavy atom. The van der Waals surface area contributed by atoms with Crippen LogP contribution in [-0.4, -0.2) is 76.3 Å². The van der Waals surface area contributed by atoms with E-state index in [9.17, 15) is 14.4 Å². The maximum Gasteiger partial charge on any atom is 0.255 e. The Bertz CT molecular complexity index is 676. The molecule has 142 valence electrons. The number of hydrogen-bond acceptors (Lipinski definition) is 3. The topological polar surface area (TPSA) is 65.9 Å². The molecule has 2 aliphatic heterocycles. The number of rotatable bonds is 2. The zero-order valence-corrected chi connectivity index (χ0v) is 15.7. The fraction of sp³-hybridized carbons (Fsp3) is 0.632. The van der Waals surface area contributed by atoms with Crippen LogP contribution >= 0.6 is 0 Å². The maximum absolute atomic E-state index is 12.8. The lowest BCUT2D eigenvalue weighted by molar-refractivity contribution is -0.140. The van der Waals surface area contributed by atoms with Gasteiger partial charge in [-0.3, -0.25) is 14.4 Å². The Balaban J connectivity index is 1.54. The van der Waals surface area contributed by atoms with Crippen LogP contribution in [0, 0.1) is 5.92 Å². The Kier molecular flexibility index (Phi) is 5.64. The monoisotopic (exact) mass is 360 g/mol. The van der Waals surface area contributed by atoms with Gasteiger partial charge in [0.25, 0.3) is 5.91 Å². The zero-order valence-electron chi connectivity index (χ0n) is 15.7. The van der Waals surface area contributed by atoms with E-state index in [1.807, 2.05) is 44.8 Å². The average molecular weight is 360 g/mol. The highest BCUT2D eigenvalue weighted by Gasteiger charge is 2.31. The van der Waals surface area contributed by atoms with Gasteiger partial charge in [0, 0.05) is 71.6 Å².